The molecule has 0 spiro atoms. The topological polar surface area (TPSA) is 57.7 Å². The molecule has 3 heterocycles. The van der Waals surface area contributed by atoms with Gasteiger partial charge in [0.15, 0.2) is 5.82 Å². The van der Waals surface area contributed by atoms with Crippen LogP contribution in [0.4, 0.5) is 0 Å². The van der Waals surface area contributed by atoms with Gasteiger partial charge in [0.25, 0.3) is 0 Å². The first-order valence-corrected chi connectivity index (χ1v) is 8.47. The van der Waals surface area contributed by atoms with Crippen LogP contribution in [0.3, 0.4) is 0 Å². The third kappa shape index (κ3) is 2.77. The van der Waals surface area contributed by atoms with Gasteiger partial charge >= 0.3 is 0 Å². The van der Waals surface area contributed by atoms with Gasteiger partial charge in [0.1, 0.15) is 5.82 Å². The van der Waals surface area contributed by atoms with Gasteiger partial charge in [0.2, 0.25) is 0 Å². The highest BCUT2D eigenvalue weighted by Crippen LogP contribution is 2.31. The summed E-state index contributed by atoms with van der Waals surface area (Å²) in [5.41, 5.74) is 0.980. The number of pyridine rings is 1. The molecule has 1 saturated carbocycles. The molecule has 1 aliphatic heterocycles. The molecule has 5 heteroatoms. The van der Waals surface area contributed by atoms with Crippen molar-refractivity contribution in [1.82, 2.24) is 25.1 Å². The van der Waals surface area contributed by atoms with Crippen LogP contribution >= 0.6 is 0 Å². The lowest BCUT2D eigenvalue weighted by Gasteiger charge is -2.35. The Morgan fingerprint density at radius 1 is 1.14 bits per heavy atom. The number of likely N-dealkylation sites (tertiary alicyclic amines) is 1. The van der Waals surface area contributed by atoms with Crippen molar-refractivity contribution in [2.24, 2.45) is 0 Å². The molecule has 22 heavy (non-hydrogen) atoms. The fourth-order valence-corrected chi connectivity index (χ4v) is 3.91. The maximum atomic E-state index is 4.73. The zero-order valence-electron chi connectivity index (χ0n) is 12.9. The van der Waals surface area contributed by atoms with Gasteiger partial charge in [-0.15, -0.1) is 0 Å². The summed E-state index contributed by atoms with van der Waals surface area (Å²) in [6.07, 6.45) is 11.6. The fourth-order valence-electron chi connectivity index (χ4n) is 3.91. The summed E-state index contributed by atoms with van der Waals surface area (Å²) in [7, 11) is 0. The van der Waals surface area contributed by atoms with Gasteiger partial charge in [-0.05, 0) is 44.4 Å². The molecule has 2 aromatic rings. The predicted molar refractivity (Wildman–Crippen MR) is 85.4 cm³/mol. The van der Waals surface area contributed by atoms with E-state index in [9.17, 15) is 0 Å². The van der Waals surface area contributed by atoms with Crippen LogP contribution in [-0.4, -0.2) is 44.2 Å². The molecule has 2 aromatic heterocycles. The Morgan fingerprint density at radius 2 is 2.05 bits per heavy atom. The van der Waals surface area contributed by atoms with Crippen molar-refractivity contribution in [3.63, 3.8) is 0 Å². The molecule has 1 aliphatic carbocycles. The van der Waals surface area contributed by atoms with Crippen LogP contribution in [0.2, 0.25) is 0 Å². The van der Waals surface area contributed by atoms with Crippen LogP contribution in [0.5, 0.6) is 0 Å². The summed E-state index contributed by atoms with van der Waals surface area (Å²) >= 11 is 0. The molecule has 1 saturated heterocycles. The second-order valence-electron chi connectivity index (χ2n) is 6.56. The van der Waals surface area contributed by atoms with Crippen LogP contribution in [0.25, 0.3) is 11.4 Å². The van der Waals surface area contributed by atoms with Crippen LogP contribution < -0.4 is 0 Å². The monoisotopic (exact) mass is 297 g/mol. The van der Waals surface area contributed by atoms with Crippen molar-refractivity contribution in [2.45, 2.75) is 50.5 Å². The van der Waals surface area contributed by atoms with E-state index < -0.39 is 0 Å². The maximum absolute atomic E-state index is 4.73. The molecule has 1 atom stereocenters. The minimum atomic E-state index is 0.493. The lowest BCUT2D eigenvalue weighted by Crippen LogP contribution is -2.40. The van der Waals surface area contributed by atoms with Crippen LogP contribution in [0.1, 0.15) is 50.3 Å². The van der Waals surface area contributed by atoms with Gasteiger partial charge in [-0.2, -0.15) is 5.10 Å². The van der Waals surface area contributed by atoms with E-state index in [0.29, 0.717) is 5.92 Å². The standard InChI is InChI=1S/C17H23N5/c1-2-8-15(7-1)22-10-4-6-14(12-22)17-19-16(20-21-17)13-5-3-9-18-11-13/h3,5,9,11,14-15H,1-2,4,6-8,10,12H2,(H,19,20,21)/t14-/m0/s1. The van der Waals surface area contributed by atoms with Crippen molar-refractivity contribution in [1.29, 1.82) is 0 Å². The third-order valence-corrected chi connectivity index (χ3v) is 5.10. The van der Waals surface area contributed by atoms with E-state index in [2.05, 4.69) is 20.1 Å². The zero-order valence-corrected chi connectivity index (χ0v) is 12.9. The summed E-state index contributed by atoms with van der Waals surface area (Å²) in [6, 6.07) is 4.74. The molecular formula is C17H23N5. The first-order chi connectivity index (χ1) is 10.9. The Hall–Kier alpha value is -1.75. The minimum Gasteiger partial charge on any atom is -0.300 e. The molecule has 0 radical (unpaired) electrons. The Morgan fingerprint density at radius 3 is 2.86 bits per heavy atom. The van der Waals surface area contributed by atoms with E-state index in [0.717, 1.165) is 29.8 Å². The molecule has 116 valence electrons. The van der Waals surface area contributed by atoms with E-state index in [1.54, 1.807) is 6.20 Å². The van der Waals surface area contributed by atoms with Gasteiger partial charge in [-0.25, -0.2) is 4.98 Å². The summed E-state index contributed by atoms with van der Waals surface area (Å²) < 4.78 is 0. The molecular weight excluding hydrogens is 274 g/mol. The smallest absolute Gasteiger partial charge is 0.182 e. The first-order valence-electron chi connectivity index (χ1n) is 8.47. The molecule has 5 nitrogen and oxygen atoms in total. The van der Waals surface area contributed by atoms with Crippen LogP contribution in [-0.2, 0) is 0 Å². The molecule has 0 aromatic carbocycles. The molecule has 2 fully saturated rings. The highest BCUT2D eigenvalue weighted by molar-refractivity contribution is 5.52. The molecule has 0 unspecified atom stereocenters. The number of aromatic amines is 1. The predicted octanol–water partition coefficient (Wildman–Crippen LogP) is 2.99. The normalized spacial score (nSPS) is 23.9. The number of piperidine rings is 1. The number of hydrogen-bond donors (Lipinski definition) is 1. The Labute approximate surface area is 131 Å². The highest BCUT2D eigenvalue weighted by Gasteiger charge is 2.30. The summed E-state index contributed by atoms with van der Waals surface area (Å²) in [5, 5.41) is 7.56. The number of nitrogens with zero attached hydrogens (tertiary/aromatic N) is 4. The Kier molecular flexibility index (Phi) is 3.89. The van der Waals surface area contributed by atoms with Gasteiger partial charge in [-0.1, -0.05) is 12.8 Å². The van der Waals surface area contributed by atoms with E-state index in [1.165, 1.54) is 45.1 Å². The quantitative estimate of drug-likeness (QED) is 0.946. The van der Waals surface area contributed by atoms with Gasteiger partial charge in [-0.3, -0.25) is 15.0 Å². The average Bonchev–Trinajstić information content (AvgIpc) is 3.28. The number of H-pyrrole nitrogens is 1. The fraction of sp³-hybridized carbons (Fsp3) is 0.588. The Balaban J connectivity index is 1.48. The van der Waals surface area contributed by atoms with Gasteiger partial charge < -0.3 is 0 Å². The van der Waals surface area contributed by atoms with E-state index in [-0.39, 0.29) is 0 Å². The zero-order chi connectivity index (χ0) is 14.8. The first kappa shape index (κ1) is 13.9. The SMILES string of the molecule is c1cncc(-c2n[nH]c([C@H]3CCCN(C4CCCC4)C3)n2)c1. The number of aromatic nitrogens is 4. The molecule has 1 N–H and O–H groups in total. The van der Waals surface area contributed by atoms with Crippen LogP contribution in [0.15, 0.2) is 24.5 Å². The minimum absolute atomic E-state index is 0.493. The average molecular weight is 297 g/mol. The van der Waals surface area contributed by atoms with E-state index in [1.807, 2.05) is 18.3 Å². The third-order valence-electron chi connectivity index (χ3n) is 5.10. The van der Waals surface area contributed by atoms with Gasteiger partial charge in [0, 0.05) is 36.5 Å². The second kappa shape index (κ2) is 6.16. The van der Waals surface area contributed by atoms with E-state index >= 15 is 0 Å². The van der Waals surface area contributed by atoms with Crippen molar-refractivity contribution < 1.29 is 0 Å². The molecule has 0 amide bonds. The summed E-state index contributed by atoms with van der Waals surface area (Å²) in [5.74, 6) is 2.30. The van der Waals surface area contributed by atoms with Crippen molar-refractivity contribution >= 4 is 0 Å². The highest BCUT2D eigenvalue weighted by atomic mass is 15.2. The molecule has 2 aliphatic rings. The maximum Gasteiger partial charge on any atom is 0.182 e. The number of nitrogens with one attached hydrogen (secondary N) is 1. The van der Waals surface area contributed by atoms with Crippen molar-refractivity contribution in [3.05, 3.63) is 30.4 Å². The largest absolute Gasteiger partial charge is 0.300 e. The van der Waals surface area contributed by atoms with Gasteiger partial charge in [0.05, 0.1) is 0 Å². The Bertz CT molecular complexity index is 603. The van der Waals surface area contributed by atoms with Crippen molar-refractivity contribution in [2.75, 3.05) is 13.1 Å². The lowest BCUT2D eigenvalue weighted by molar-refractivity contribution is 0.147. The summed E-state index contributed by atoms with van der Waals surface area (Å²) in [4.78, 5) is 11.6. The molecule has 4 rings (SSSR count). The van der Waals surface area contributed by atoms with Crippen LogP contribution in [0, 0.1) is 0 Å². The van der Waals surface area contributed by atoms with Crippen molar-refractivity contribution in [3.8, 4) is 11.4 Å². The second-order valence-corrected chi connectivity index (χ2v) is 6.56. The van der Waals surface area contributed by atoms with E-state index in [4.69, 9.17) is 4.98 Å². The number of hydrogen-bond acceptors (Lipinski definition) is 4. The summed E-state index contributed by atoms with van der Waals surface area (Å²) in [6.45, 7) is 2.39. The number of rotatable bonds is 3. The molecule has 0 bridgehead atoms. The lowest BCUT2D eigenvalue weighted by atomic mass is 9.95.